The third-order valence-electron chi connectivity index (χ3n) is 3.64. The van der Waals surface area contributed by atoms with Crippen LogP contribution in [0.15, 0.2) is 12.3 Å². The minimum atomic E-state index is -0.435. The Hall–Kier alpha value is -2.04. The lowest BCUT2D eigenvalue weighted by molar-refractivity contribution is -0.400. The monoisotopic (exact) mass is 305 g/mol. The Kier molecular flexibility index (Phi) is 5.81. The molecule has 2 rings (SSSR count). The van der Waals surface area contributed by atoms with Gasteiger partial charge < -0.3 is 9.47 Å². The van der Waals surface area contributed by atoms with Crippen molar-refractivity contribution in [2.45, 2.75) is 46.0 Å². The minimum absolute atomic E-state index is 0.435. The van der Waals surface area contributed by atoms with Crippen molar-refractivity contribution in [2.24, 2.45) is 0 Å². The molecule has 0 radical (unpaired) electrons. The van der Waals surface area contributed by atoms with Crippen molar-refractivity contribution in [3.8, 4) is 11.5 Å². The fourth-order valence-corrected chi connectivity index (χ4v) is 2.73. The number of nitro groups is 1. The molecule has 1 aliphatic carbocycles. The van der Waals surface area contributed by atoms with E-state index in [0.29, 0.717) is 19.0 Å². The number of hydrogen-bond donors (Lipinski definition) is 0. The average molecular weight is 305 g/mol. The first-order chi connectivity index (χ1) is 10.7. The lowest BCUT2D eigenvalue weighted by atomic mass is 10.0. The maximum atomic E-state index is 10.6. The summed E-state index contributed by atoms with van der Waals surface area (Å²) in [6.07, 6.45) is 7.32. The Labute approximate surface area is 131 Å². The van der Waals surface area contributed by atoms with Crippen LogP contribution < -0.4 is 9.47 Å². The van der Waals surface area contributed by atoms with Gasteiger partial charge in [-0.2, -0.15) is 0 Å². The second-order valence-electron chi connectivity index (χ2n) is 5.40. The van der Waals surface area contributed by atoms with E-state index in [1.54, 1.807) is 6.08 Å². The van der Waals surface area contributed by atoms with Crippen LogP contribution in [0.25, 0.3) is 6.08 Å². The van der Waals surface area contributed by atoms with Crippen molar-refractivity contribution < 1.29 is 14.4 Å². The van der Waals surface area contributed by atoms with Gasteiger partial charge in [0.25, 0.3) is 0 Å². The van der Waals surface area contributed by atoms with E-state index in [-0.39, 0.29) is 0 Å². The molecule has 0 saturated heterocycles. The summed E-state index contributed by atoms with van der Waals surface area (Å²) in [4.78, 5) is 10.2. The Morgan fingerprint density at radius 1 is 1.18 bits per heavy atom. The van der Waals surface area contributed by atoms with Gasteiger partial charge in [-0.05, 0) is 49.3 Å². The summed E-state index contributed by atoms with van der Waals surface area (Å²) in [6, 6.07) is 1.88. The molecule has 0 amide bonds. The third-order valence-corrected chi connectivity index (χ3v) is 3.64. The van der Waals surface area contributed by atoms with Gasteiger partial charge in [0.1, 0.15) is 0 Å². The zero-order valence-corrected chi connectivity index (χ0v) is 13.3. The van der Waals surface area contributed by atoms with Crippen LogP contribution in [0.4, 0.5) is 0 Å². The van der Waals surface area contributed by atoms with Crippen LogP contribution in [0.1, 0.15) is 49.8 Å². The summed E-state index contributed by atoms with van der Waals surface area (Å²) in [5.41, 5.74) is 3.19. The highest BCUT2D eigenvalue weighted by Crippen LogP contribution is 2.41. The van der Waals surface area contributed by atoms with Gasteiger partial charge in [-0.15, -0.1) is 0 Å². The zero-order valence-electron chi connectivity index (χ0n) is 13.3. The molecule has 1 aliphatic rings. The second-order valence-corrected chi connectivity index (χ2v) is 5.40. The molecule has 0 atom stereocenters. The minimum Gasteiger partial charge on any atom is -0.490 e. The van der Waals surface area contributed by atoms with Crippen LogP contribution in [0, 0.1) is 10.1 Å². The molecule has 0 N–H and O–H groups in total. The van der Waals surface area contributed by atoms with Gasteiger partial charge in [0.15, 0.2) is 11.5 Å². The molecule has 5 heteroatoms. The highest BCUT2D eigenvalue weighted by molar-refractivity contribution is 5.65. The van der Waals surface area contributed by atoms with Crippen LogP contribution in [0.3, 0.4) is 0 Å². The number of rotatable bonds is 8. The van der Waals surface area contributed by atoms with Crippen LogP contribution >= 0.6 is 0 Å². The Morgan fingerprint density at radius 2 is 1.86 bits per heavy atom. The molecule has 0 aliphatic heterocycles. The predicted molar refractivity (Wildman–Crippen MR) is 86.1 cm³/mol. The van der Waals surface area contributed by atoms with E-state index >= 15 is 0 Å². The van der Waals surface area contributed by atoms with Crippen molar-refractivity contribution in [1.82, 2.24) is 0 Å². The van der Waals surface area contributed by atoms with E-state index in [2.05, 4.69) is 6.92 Å². The van der Waals surface area contributed by atoms with Gasteiger partial charge in [-0.1, -0.05) is 13.8 Å². The fraction of sp³-hybridized carbons (Fsp3) is 0.529. The molecule has 1 aromatic rings. The largest absolute Gasteiger partial charge is 0.490 e. The van der Waals surface area contributed by atoms with E-state index in [4.69, 9.17) is 9.47 Å². The van der Waals surface area contributed by atoms with Crippen LogP contribution in [-0.2, 0) is 12.8 Å². The predicted octanol–water partition coefficient (Wildman–Crippen LogP) is 4.00. The maximum absolute atomic E-state index is 10.6. The van der Waals surface area contributed by atoms with Crippen molar-refractivity contribution in [1.29, 1.82) is 0 Å². The zero-order chi connectivity index (χ0) is 15.9. The fourth-order valence-electron chi connectivity index (χ4n) is 2.73. The Morgan fingerprint density at radius 3 is 2.55 bits per heavy atom. The molecule has 0 aromatic heterocycles. The van der Waals surface area contributed by atoms with Crippen LogP contribution in [0.5, 0.6) is 11.5 Å². The van der Waals surface area contributed by atoms with Gasteiger partial charge in [-0.3, -0.25) is 10.1 Å². The van der Waals surface area contributed by atoms with E-state index in [1.165, 1.54) is 0 Å². The lowest BCUT2D eigenvalue weighted by Crippen LogP contribution is -2.05. The summed E-state index contributed by atoms with van der Waals surface area (Å²) in [5, 5.41) is 10.6. The van der Waals surface area contributed by atoms with Gasteiger partial charge >= 0.3 is 0 Å². The van der Waals surface area contributed by atoms with E-state index in [1.807, 2.05) is 13.0 Å². The third kappa shape index (κ3) is 3.78. The standard InChI is InChI=1S/C17H23NO4/c1-3-10-21-16-12-13(8-9-18(19)20)14-6-5-7-15(14)17(16)22-11-4-2/h8-9,12H,3-7,10-11H2,1-2H3. The molecule has 0 spiro atoms. The van der Waals surface area contributed by atoms with Crippen molar-refractivity contribution in [3.63, 3.8) is 0 Å². The van der Waals surface area contributed by atoms with Crippen molar-refractivity contribution >= 4 is 6.08 Å². The summed E-state index contributed by atoms with van der Waals surface area (Å²) < 4.78 is 11.8. The first kappa shape index (κ1) is 16.3. The van der Waals surface area contributed by atoms with E-state index in [9.17, 15) is 10.1 Å². The lowest BCUT2D eigenvalue weighted by Gasteiger charge is -2.17. The normalized spacial score (nSPS) is 13.4. The first-order valence-corrected chi connectivity index (χ1v) is 7.93. The number of fused-ring (bicyclic) bond motifs is 1. The number of benzene rings is 1. The topological polar surface area (TPSA) is 61.6 Å². The van der Waals surface area contributed by atoms with Crippen molar-refractivity contribution in [2.75, 3.05) is 13.2 Å². The number of ether oxygens (including phenoxy) is 2. The molecule has 0 fully saturated rings. The first-order valence-electron chi connectivity index (χ1n) is 7.93. The molecule has 120 valence electrons. The van der Waals surface area contributed by atoms with Gasteiger partial charge in [-0.25, -0.2) is 0 Å². The molecule has 0 heterocycles. The molecule has 0 unspecified atom stereocenters. The molecule has 5 nitrogen and oxygen atoms in total. The van der Waals surface area contributed by atoms with Crippen LogP contribution in [0.2, 0.25) is 0 Å². The molecular weight excluding hydrogens is 282 g/mol. The Balaban J connectivity index is 2.44. The smallest absolute Gasteiger partial charge is 0.235 e. The van der Waals surface area contributed by atoms with Gasteiger partial charge in [0.2, 0.25) is 6.20 Å². The summed E-state index contributed by atoms with van der Waals surface area (Å²) in [7, 11) is 0. The van der Waals surface area contributed by atoms with Gasteiger partial charge in [0.05, 0.1) is 18.1 Å². The SMILES string of the molecule is CCCOc1cc(C=C[N+](=O)[O-])c2c(c1OCCC)CCC2. The molecule has 22 heavy (non-hydrogen) atoms. The summed E-state index contributed by atoms with van der Waals surface area (Å²) in [6.45, 7) is 5.38. The molecule has 1 aromatic carbocycles. The van der Waals surface area contributed by atoms with Gasteiger partial charge in [0, 0.05) is 11.6 Å². The van der Waals surface area contributed by atoms with E-state index in [0.717, 1.165) is 60.7 Å². The van der Waals surface area contributed by atoms with Crippen molar-refractivity contribution in [3.05, 3.63) is 39.1 Å². The molecule has 0 bridgehead atoms. The molecule has 0 saturated carbocycles. The summed E-state index contributed by atoms with van der Waals surface area (Å²) >= 11 is 0. The average Bonchev–Trinajstić information content (AvgIpc) is 2.98. The number of hydrogen-bond acceptors (Lipinski definition) is 4. The Bertz CT molecular complexity index is 566. The quantitative estimate of drug-likeness (QED) is 0.538. The second kappa shape index (κ2) is 7.82. The van der Waals surface area contributed by atoms with Crippen LogP contribution in [-0.4, -0.2) is 18.1 Å². The summed E-state index contributed by atoms with van der Waals surface area (Å²) in [5.74, 6) is 1.54. The highest BCUT2D eigenvalue weighted by Gasteiger charge is 2.23. The number of nitrogens with zero attached hydrogens (tertiary/aromatic N) is 1. The maximum Gasteiger partial charge on any atom is 0.235 e. The molecular formula is C17H23NO4. The van der Waals surface area contributed by atoms with E-state index < -0.39 is 4.92 Å². The highest BCUT2D eigenvalue weighted by atomic mass is 16.6.